The first-order valence-corrected chi connectivity index (χ1v) is 8.74. The Morgan fingerprint density at radius 2 is 1.76 bits per heavy atom. The second-order valence-corrected chi connectivity index (χ2v) is 7.24. The minimum absolute atomic E-state index is 0.0297. The van der Waals surface area contributed by atoms with Crippen molar-refractivity contribution in [1.29, 1.82) is 0 Å². The average molecular weight is 295 g/mol. The normalized spacial score (nSPS) is 43.9. The van der Waals surface area contributed by atoms with Crippen molar-refractivity contribution in [2.75, 3.05) is 0 Å². The molecule has 0 bridgehead atoms. The van der Waals surface area contributed by atoms with Gasteiger partial charge in [-0.2, -0.15) is 0 Å². The van der Waals surface area contributed by atoms with Crippen LogP contribution in [0.4, 0.5) is 0 Å². The van der Waals surface area contributed by atoms with Crippen LogP contribution in [0.5, 0.6) is 0 Å². The summed E-state index contributed by atoms with van der Waals surface area (Å²) in [5.74, 6) is 0.747. The molecular formula is C17H29NO3. The summed E-state index contributed by atoms with van der Waals surface area (Å²) in [5, 5.41) is 3.56. The quantitative estimate of drug-likeness (QED) is 0.796. The lowest BCUT2D eigenvalue weighted by molar-refractivity contribution is -0.163. The maximum Gasteiger partial charge on any atom is 0.323 e. The Bertz CT molecular complexity index is 363. The summed E-state index contributed by atoms with van der Waals surface area (Å²) in [6.45, 7) is 4.12. The molecule has 2 saturated heterocycles. The highest BCUT2D eigenvalue weighted by Crippen LogP contribution is 2.32. The summed E-state index contributed by atoms with van der Waals surface area (Å²) in [6, 6.07) is 0.454. The van der Waals surface area contributed by atoms with Crippen LogP contribution >= 0.6 is 0 Å². The number of ether oxygens (including phenoxy) is 2. The molecule has 5 atom stereocenters. The van der Waals surface area contributed by atoms with Crippen molar-refractivity contribution in [3.8, 4) is 0 Å². The molecule has 1 aliphatic carbocycles. The number of piperidine rings is 1. The van der Waals surface area contributed by atoms with Crippen molar-refractivity contribution >= 4 is 5.97 Å². The molecule has 0 spiro atoms. The zero-order valence-electron chi connectivity index (χ0n) is 13.3. The molecule has 1 N–H and O–H groups in total. The van der Waals surface area contributed by atoms with E-state index in [-0.39, 0.29) is 30.3 Å². The fraction of sp³-hybridized carbons (Fsp3) is 0.941. The highest BCUT2D eigenvalue weighted by atomic mass is 16.6. The average Bonchev–Trinajstić information content (AvgIpc) is 2.45. The topological polar surface area (TPSA) is 47.6 Å². The first-order chi connectivity index (χ1) is 10.1. The molecule has 0 aromatic rings. The van der Waals surface area contributed by atoms with Crippen LogP contribution in [0.15, 0.2) is 0 Å². The van der Waals surface area contributed by atoms with Crippen LogP contribution in [0, 0.1) is 5.92 Å². The number of carbonyl (C=O) groups is 1. The van der Waals surface area contributed by atoms with Gasteiger partial charge in [-0.05, 0) is 45.4 Å². The van der Waals surface area contributed by atoms with Gasteiger partial charge in [-0.1, -0.05) is 12.8 Å². The fourth-order valence-electron chi connectivity index (χ4n) is 4.37. The third-order valence-electron chi connectivity index (χ3n) is 5.37. The standard InChI is InChI=1S/C17H29NO3/c1-11-9-14(10-12(2)20-11)21-17(19)16-8-7-13-5-3-4-6-15(13)18-16/h11-16,18H,3-10H2,1-2H3. The van der Waals surface area contributed by atoms with Crippen LogP contribution in [0.3, 0.4) is 0 Å². The van der Waals surface area contributed by atoms with Gasteiger partial charge in [0.2, 0.25) is 0 Å². The maximum atomic E-state index is 12.4. The Kier molecular flexibility index (Phi) is 4.85. The summed E-state index contributed by atoms with van der Waals surface area (Å²) in [4.78, 5) is 12.4. The van der Waals surface area contributed by atoms with Crippen molar-refractivity contribution in [2.24, 2.45) is 5.92 Å². The smallest absolute Gasteiger partial charge is 0.323 e. The summed E-state index contributed by atoms with van der Waals surface area (Å²) < 4.78 is 11.5. The molecule has 3 rings (SSSR count). The Morgan fingerprint density at radius 3 is 2.52 bits per heavy atom. The lowest BCUT2D eigenvalue weighted by atomic mass is 9.78. The summed E-state index contributed by atoms with van der Waals surface area (Å²) in [6.07, 6.45) is 9.38. The van der Waals surface area contributed by atoms with Crippen molar-refractivity contribution in [2.45, 2.75) is 95.6 Å². The molecule has 120 valence electrons. The largest absolute Gasteiger partial charge is 0.461 e. The first-order valence-electron chi connectivity index (χ1n) is 8.74. The fourth-order valence-corrected chi connectivity index (χ4v) is 4.37. The van der Waals surface area contributed by atoms with Gasteiger partial charge in [0, 0.05) is 18.9 Å². The monoisotopic (exact) mass is 295 g/mol. The molecule has 21 heavy (non-hydrogen) atoms. The molecular weight excluding hydrogens is 266 g/mol. The van der Waals surface area contributed by atoms with Gasteiger partial charge in [0.1, 0.15) is 12.1 Å². The van der Waals surface area contributed by atoms with Gasteiger partial charge < -0.3 is 14.8 Å². The molecule has 0 aromatic heterocycles. The van der Waals surface area contributed by atoms with E-state index >= 15 is 0 Å². The van der Waals surface area contributed by atoms with E-state index in [1.165, 1.54) is 32.1 Å². The molecule has 5 unspecified atom stereocenters. The SMILES string of the molecule is CC1CC(OC(=O)C2CCC3CCCCC3N2)CC(C)O1. The first kappa shape index (κ1) is 15.3. The highest BCUT2D eigenvalue weighted by molar-refractivity contribution is 5.76. The Morgan fingerprint density at radius 1 is 1.05 bits per heavy atom. The van der Waals surface area contributed by atoms with Gasteiger partial charge in [-0.15, -0.1) is 0 Å². The Balaban J connectivity index is 1.51. The van der Waals surface area contributed by atoms with E-state index in [4.69, 9.17) is 9.47 Å². The van der Waals surface area contributed by atoms with Crippen LogP contribution in [-0.4, -0.2) is 36.4 Å². The maximum absolute atomic E-state index is 12.4. The molecule has 3 fully saturated rings. The number of hydrogen-bond acceptors (Lipinski definition) is 4. The number of hydrogen-bond donors (Lipinski definition) is 1. The summed E-state index contributed by atoms with van der Waals surface area (Å²) in [5.41, 5.74) is 0. The van der Waals surface area contributed by atoms with Crippen LogP contribution in [-0.2, 0) is 14.3 Å². The van der Waals surface area contributed by atoms with Gasteiger partial charge in [0.05, 0.1) is 12.2 Å². The Hall–Kier alpha value is -0.610. The minimum atomic E-state index is -0.0854. The molecule has 2 aliphatic heterocycles. The van der Waals surface area contributed by atoms with Crippen molar-refractivity contribution in [3.63, 3.8) is 0 Å². The third kappa shape index (κ3) is 3.78. The molecule has 1 saturated carbocycles. The number of esters is 1. The van der Waals surface area contributed by atoms with Gasteiger partial charge >= 0.3 is 5.97 Å². The number of carbonyl (C=O) groups excluding carboxylic acids is 1. The van der Waals surface area contributed by atoms with Crippen LogP contribution < -0.4 is 5.32 Å². The zero-order chi connectivity index (χ0) is 14.8. The zero-order valence-corrected chi connectivity index (χ0v) is 13.3. The van der Waals surface area contributed by atoms with Crippen LogP contribution in [0.25, 0.3) is 0 Å². The molecule has 3 aliphatic rings. The van der Waals surface area contributed by atoms with E-state index in [0.717, 1.165) is 25.2 Å². The minimum Gasteiger partial charge on any atom is -0.461 e. The van der Waals surface area contributed by atoms with Crippen LogP contribution in [0.1, 0.15) is 65.2 Å². The third-order valence-corrected chi connectivity index (χ3v) is 5.37. The van der Waals surface area contributed by atoms with Gasteiger partial charge in [0.15, 0.2) is 0 Å². The van der Waals surface area contributed by atoms with E-state index in [1.807, 2.05) is 0 Å². The lowest BCUT2D eigenvalue weighted by Gasteiger charge is -2.40. The van der Waals surface area contributed by atoms with E-state index in [9.17, 15) is 4.79 Å². The predicted molar refractivity (Wildman–Crippen MR) is 81.0 cm³/mol. The lowest BCUT2D eigenvalue weighted by Crippen LogP contribution is -2.53. The molecule has 4 nitrogen and oxygen atoms in total. The van der Waals surface area contributed by atoms with Crippen molar-refractivity contribution in [3.05, 3.63) is 0 Å². The molecule has 4 heteroatoms. The number of rotatable bonds is 2. The van der Waals surface area contributed by atoms with E-state index in [2.05, 4.69) is 19.2 Å². The van der Waals surface area contributed by atoms with Gasteiger partial charge in [0.25, 0.3) is 0 Å². The molecule has 0 amide bonds. The second-order valence-electron chi connectivity index (χ2n) is 7.24. The van der Waals surface area contributed by atoms with Crippen molar-refractivity contribution < 1.29 is 14.3 Å². The number of fused-ring (bicyclic) bond motifs is 1. The van der Waals surface area contributed by atoms with E-state index < -0.39 is 0 Å². The van der Waals surface area contributed by atoms with Gasteiger partial charge in [-0.3, -0.25) is 4.79 Å². The molecule has 0 radical (unpaired) electrons. The summed E-state index contributed by atoms with van der Waals surface area (Å²) >= 11 is 0. The molecule has 0 aromatic carbocycles. The van der Waals surface area contributed by atoms with E-state index in [0.29, 0.717) is 6.04 Å². The number of nitrogens with one attached hydrogen (secondary N) is 1. The highest BCUT2D eigenvalue weighted by Gasteiger charge is 2.36. The molecule has 2 heterocycles. The second kappa shape index (κ2) is 6.66. The predicted octanol–water partition coefficient (Wildman–Crippen LogP) is 2.80. The van der Waals surface area contributed by atoms with Crippen molar-refractivity contribution in [1.82, 2.24) is 5.32 Å². The van der Waals surface area contributed by atoms with Crippen LogP contribution in [0.2, 0.25) is 0 Å². The Labute approximate surface area is 127 Å². The summed E-state index contributed by atoms with van der Waals surface area (Å²) in [7, 11) is 0. The van der Waals surface area contributed by atoms with Gasteiger partial charge in [-0.25, -0.2) is 0 Å². The van der Waals surface area contributed by atoms with E-state index in [1.54, 1.807) is 0 Å².